The van der Waals surface area contributed by atoms with Crippen molar-refractivity contribution in [3.8, 4) is 5.88 Å². The summed E-state index contributed by atoms with van der Waals surface area (Å²) in [6.07, 6.45) is 0.264. The first-order valence-corrected chi connectivity index (χ1v) is 9.85. The predicted octanol–water partition coefficient (Wildman–Crippen LogP) is 1.07. The number of nitrogens with zero attached hydrogens (tertiary/aromatic N) is 4. The van der Waals surface area contributed by atoms with Gasteiger partial charge in [-0.25, -0.2) is 13.2 Å². The Kier molecular flexibility index (Phi) is 4.23. The van der Waals surface area contributed by atoms with Crippen LogP contribution < -0.4 is 10.5 Å². The van der Waals surface area contributed by atoms with Crippen molar-refractivity contribution in [2.45, 2.75) is 24.3 Å². The number of benzene rings is 1. The molecular formula is C17H18N4O5S. The lowest BCUT2D eigenvalue weighted by Gasteiger charge is -2.17. The van der Waals surface area contributed by atoms with Crippen LogP contribution in [0.5, 0.6) is 5.88 Å². The highest BCUT2D eigenvalue weighted by Crippen LogP contribution is 2.25. The Hall–Kier alpha value is -2.72. The SMILES string of the molecule is Cc1ccc(OC2CCN(S(=O)(=O)c3ccc4oc(=O)n(C)c4c3)C2)nn1. The minimum Gasteiger partial charge on any atom is -0.472 e. The van der Waals surface area contributed by atoms with Crippen LogP contribution >= 0.6 is 0 Å². The van der Waals surface area contributed by atoms with Gasteiger partial charge in [-0.3, -0.25) is 4.57 Å². The Morgan fingerprint density at radius 2 is 2.04 bits per heavy atom. The minimum absolute atomic E-state index is 0.113. The molecule has 3 aromatic rings. The second-order valence-electron chi connectivity index (χ2n) is 6.46. The summed E-state index contributed by atoms with van der Waals surface area (Å²) >= 11 is 0. The Balaban J connectivity index is 1.55. The van der Waals surface area contributed by atoms with Gasteiger partial charge in [-0.15, -0.1) is 5.10 Å². The molecule has 2 aromatic heterocycles. The summed E-state index contributed by atoms with van der Waals surface area (Å²) in [5.41, 5.74) is 1.56. The van der Waals surface area contributed by atoms with Crippen molar-refractivity contribution in [3.05, 3.63) is 46.6 Å². The smallest absolute Gasteiger partial charge is 0.419 e. The van der Waals surface area contributed by atoms with E-state index >= 15 is 0 Å². The number of aryl methyl sites for hydroxylation is 2. The van der Waals surface area contributed by atoms with E-state index in [1.807, 2.05) is 6.92 Å². The van der Waals surface area contributed by atoms with Gasteiger partial charge in [0, 0.05) is 19.7 Å². The zero-order valence-corrected chi connectivity index (χ0v) is 15.6. The van der Waals surface area contributed by atoms with E-state index in [9.17, 15) is 13.2 Å². The summed E-state index contributed by atoms with van der Waals surface area (Å²) in [7, 11) is -2.17. The zero-order valence-electron chi connectivity index (χ0n) is 14.8. The largest absolute Gasteiger partial charge is 0.472 e. The molecule has 10 heteroatoms. The summed E-state index contributed by atoms with van der Waals surface area (Å²) in [6, 6.07) is 7.90. The fraction of sp³-hybridized carbons (Fsp3) is 0.353. The monoisotopic (exact) mass is 390 g/mol. The van der Waals surface area contributed by atoms with Crippen molar-refractivity contribution in [3.63, 3.8) is 0 Å². The quantitative estimate of drug-likeness (QED) is 0.656. The molecule has 1 saturated heterocycles. The van der Waals surface area contributed by atoms with Gasteiger partial charge in [0.2, 0.25) is 15.9 Å². The number of oxazole rings is 1. The maximum absolute atomic E-state index is 13.0. The maximum Gasteiger partial charge on any atom is 0.419 e. The average molecular weight is 390 g/mol. The van der Waals surface area contributed by atoms with E-state index in [-0.39, 0.29) is 17.5 Å². The van der Waals surface area contributed by atoms with Gasteiger partial charge >= 0.3 is 5.76 Å². The predicted molar refractivity (Wildman–Crippen MR) is 96.0 cm³/mol. The van der Waals surface area contributed by atoms with Crippen LogP contribution in [0.25, 0.3) is 11.1 Å². The Bertz CT molecular complexity index is 1150. The van der Waals surface area contributed by atoms with Crippen molar-refractivity contribution in [2.24, 2.45) is 7.05 Å². The summed E-state index contributed by atoms with van der Waals surface area (Å²) in [5, 5.41) is 7.88. The second-order valence-corrected chi connectivity index (χ2v) is 8.40. The zero-order chi connectivity index (χ0) is 19.2. The van der Waals surface area contributed by atoms with E-state index in [1.54, 1.807) is 12.1 Å². The van der Waals surface area contributed by atoms with Gasteiger partial charge in [0.1, 0.15) is 6.10 Å². The van der Waals surface area contributed by atoms with Crippen molar-refractivity contribution in [1.82, 2.24) is 19.1 Å². The lowest BCUT2D eigenvalue weighted by molar-refractivity contribution is 0.204. The van der Waals surface area contributed by atoms with Gasteiger partial charge < -0.3 is 9.15 Å². The van der Waals surface area contributed by atoms with Crippen LogP contribution in [-0.2, 0) is 17.1 Å². The van der Waals surface area contributed by atoms with Crippen molar-refractivity contribution < 1.29 is 17.6 Å². The van der Waals surface area contributed by atoms with Gasteiger partial charge in [-0.05, 0) is 37.6 Å². The van der Waals surface area contributed by atoms with Gasteiger partial charge in [-0.2, -0.15) is 9.40 Å². The molecule has 9 nitrogen and oxygen atoms in total. The molecule has 0 bridgehead atoms. The number of hydrogen-bond acceptors (Lipinski definition) is 7. The Labute approximate surface area is 155 Å². The molecule has 1 atom stereocenters. The molecular weight excluding hydrogens is 372 g/mol. The Morgan fingerprint density at radius 1 is 1.22 bits per heavy atom. The molecule has 0 aliphatic carbocycles. The lowest BCUT2D eigenvalue weighted by Crippen LogP contribution is -2.31. The van der Waals surface area contributed by atoms with Crippen LogP contribution in [0.3, 0.4) is 0 Å². The molecule has 1 unspecified atom stereocenters. The van der Waals surface area contributed by atoms with Crippen molar-refractivity contribution in [2.75, 3.05) is 13.1 Å². The molecule has 0 N–H and O–H groups in total. The summed E-state index contributed by atoms with van der Waals surface area (Å²) in [6.45, 7) is 2.39. The molecule has 3 heterocycles. The first-order chi connectivity index (χ1) is 12.8. The second kappa shape index (κ2) is 6.46. The third-order valence-corrected chi connectivity index (χ3v) is 6.43. The molecule has 0 radical (unpaired) electrons. The number of aromatic nitrogens is 3. The number of hydrogen-bond donors (Lipinski definition) is 0. The van der Waals surface area contributed by atoms with E-state index < -0.39 is 15.8 Å². The molecule has 1 aromatic carbocycles. The normalized spacial score (nSPS) is 18.2. The standard InChI is InChI=1S/C17H18N4O5S/c1-11-3-6-16(19-18-11)25-12-7-8-21(10-12)27(23,24)13-4-5-15-14(9-13)20(2)17(22)26-15/h3-6,9,12H,7-8,10H2,1-2H3. The molecule has 27 heavy (non-hydrogen) atoms. The van der Waals surface area contributed by atoms with Crippen molar-refractivity contribution in [1.29, 1.82) is 0 Å². The van der Waals surface area contributed by atoms with Crippen LogP contribution in [0.2, 0.25) is 0 Å². The van der Waals surface area contributed by atoms with Crippen LogP contribution in [0, 0.1) is 6.92 Å². The third-order valence-electron chi connectivity index (χ3n) is 4.57. The highest BCUT2D eigenvalue weighted by molar-refractivity contribution is 7.89. The molecule has 4 rings (SSSR count). The molecule has 1 aliphatic heterocycles. The first-order valence-electron chi connectivity index (χ1n) is 8.41. The minimum atomic E-state index is -3.71. The van der Waals surface area contributed by atoms with E-state index in [0.29, 0.717) is 29.9 Å². The highest BCUT2D eigenvalue weighted by atomic mass is 32.2. The first kappa shape index (κ1) is 17.7. The molecule has 0 spiro atoms. The van der Waals surface area contributed by atoms with Gasteiger partial charge in [0.15, 0.2) is 5.58 Å². The number of fused-ring (bicyclic) bond motifs is 1. The van der Waals surface area contributed by atoms with E-state index in [4.69, 9.17) is 9.15 Å². The van der Waals surface area contributed by atoms with Gasteiger partial charge in [0.25, 0.3) is 0 Å². The average Bonchev–Trinajstić information content (AvgIpc) is 3.22. The summed E-state index contributed by atoms with van der Waals surface area (Å²) in [5.74, 6) is -0.159. The van der Waals surface area contributed by atoms with Crippen molar-refractivity contribution >= 4 is 21.1 Å². The van der Waals surface area contributed by atoms with E-state index in [2.05, 4.69) is 10.2 Å². The Morgan fingerprint density at radius 3 is 2.78 bits per heavy atom. The number of ether oxygens (including phenoxy) is 1. The molecule has 142 valence electrons. The van der Waals surface area contributed by atoms with Gasteiger partial charge in [-0.1, -0.05) is 0 Å². The fourth-order valence-corrected chi connectivity index (χ4v) is 4.56. The maximum atomic E-state index is 13.0. The van der Waals surface area contributed by atoms with Crippen LogP contribution in [0.15, 0.2) is 44.4 Å². The summed E-state index contributed by atoms with van der Waals surface area (Å²) in [4.78, 5) is 11.7. The summed E-state index contributed by atoms with van der Waals surface area (Å²) < 4.78 is 39.4. The van der Waals surface area contributed by atoms with Gasteiger partial charge in [0.05, 0.1) is 22.7 Å². The topological polar surface area (TPSA) is 108 Å². The fourth-order valence-electron chi connectivity index (χ4n) is 3.05. The van der Waals surface area contributed by atoms with E-state index in [1.165, 1.54) is 34.1 Å². The molecule has 1 fully saturated rings. The highest BCUT2D eigenvalue weighted by Gasteiger charge is 2.34. The van der Waals surface area contributed by atoms with Crippen LogP contribution in [-0.4, -0.2) is 46.7 Å². The van der Waals surface area contributed by atoms with E-state index in [0.717, 1.165) is 5.69 Å². The third kappa shape index (κ3) is 3.21. The number of rotatable bonds is 4. The molecule has 0 saturated carbocycles. The van der Waals surface area contributed by atoms with Crippen LogP contribution in [0.1, 0.15) is 12.1 Å². The van der Waals surface area contributed by atoms with Crippen LogP contribution in [0.4, 0.5) is 0 Å². The molecule has 0 amide bonds. The lowest BCUT2D eigenvalue weighted by atomic mass is 10.3. The molecule has 1 aliphatic rings. The number of sulfonamides is 1.